The molecule has 0 aliphatic carbocycles. The second kappa shape index (κ2) is 9.71. The molecule has 2 atom stereocenters. The number of nitrogens with one attached hydrogen (secondary N) is 3. The van der Waals surface area contributed by atoms with E-state index in [4.69, 9.17) is 0 Å². The number of anilines is 2. The fourth-order valence-electron chi connectivity index (χ4n) is 4.53. The van der Waals surface area contributed by atoms with Crippen LogP contribution in [-0.4, -0.2) is 51.0 Å². The quantitative estimate of drug-likeness (QED) is 0.330. The normalized spacial score (nSPS) is 17.0. The maximum atomic E-state index is 13.3. The van der Waals surface area contributed by atoms with Crippen LogP contribution in [0.4, 0.5) is 24.8 Å². The molecule has 1 aliphatic heterocycles. The number of halogens is 3. The Balaban J connectivity index is 1.38. The van der Waals surface area contributed by atoms with Crippen LogP contribution in [0, 0.1) is 11.3 Å². The van der Waals surface area contributed by atoms with Gasteiger partial charge in [0, 0.05) is 41.6 Å². The molecular weight excluding hydrogens is 481 g/mol. The van der Waals surface area contributed by atoms with Crippen LogP contribution in [0.25, 0.3) is 22.3 Å². The SMILES string of the molecule is C[C@@H](Nc1ncc(C#N)c(-c2c[nH]c3ncc(C(F)(F)F)cc23)n1)c1ccc(NC2CCN(C)C2)cc1. The lowest BCUT2D eigenvalue weighted by atomic mass is 10.1. The molecule has 4 aromatic rings. The van der Waals surface area contributed by atoms with Crippen LogP contribution in [0.5, 0.6) is 0 Å². The molecule has 190 valence electrons. The molecule has 11 heteroatoms. The van der Waals surface area contributed by atoms with Gasteiger partial charge in [0.05, 0.1) is 29.1 Å². The van der Waals surface area contributed by atoms with Gasteiger partial charge in [0.25, 0.3) is 0 Å². The monoisotopic (exact) mass is 506 g/mol. The van der Waals surface area contributed by atoms with Gasteiger partial charge in [0.2, 0.25) is 5.95 Å². The van der Waals surface area contributed by atoms with Crippen molar-refractivity contribution < 1.29 is 13.2 Å². The predicted molar refractivity (Wildman–Crippen MR) is 135 cm³/mol. The van der Waals surface area contributed by atoms with E-state index in [-0.39, 0.29) is 34.3 Å². The zero-order chi connectivity index (χ0) is 26.2. The molecule has 0 amide bonds. The fraction of sp³-hybridized carbons (Fsp3) is 0.308. The molecule has 3 N–H and O–H groups in total. The number of aromatic nitrogens is 4. The molecule has 0 saturated carbocycles. The zero-order valence-electron chi connectivity index (χ0n) is 20.3. The molecule has 0 bridgehead atoms. The van der Waals surface area contributed by atoms with E-state index in [1.807, 2.05) is 37.3 Å². The molecule has 37 heavy (non-hydrogen) atoms. The summed E-state index contributed by atoms with van der Waals surface area (Å²) >= 11 is 0. The number of alkyl halides is 3. The van der Waals surface area contributed by atoms with Crippen molar-refractivity contribution >= 4 is 22.7 Å². The molecule has 4 heterocycles. The van der Waals surface area contributed by atoms with Crippen molar-refractivity contribution in [2.24, 2.45) is 0 Å². The smallest absolute Gasteiger partial charge is 0.381 e. The molecular formula is C26H25F3N8. The lowest BCUT2D eigenvalue weighted by Gasteiger charge is -2.17. The standard InChI is InChI=1S/C26H25F3N8/c1-15(16-3-5-19(6-4-16)35-20-7-8-37(2)14-20)34-25-33-11-17(10-30)23(36-25)22-13-32-24-21(22)9-18(12-31-24)26(27,28)29/h3-6,9,11-13,15,20,35H,7-8,14H2,1-2H3,(H,31,32)(H,33,34,36)/t15-,20?/m1/s1. The summed E-state index contributed by atoms with van der Waals surface area (Å²) in [6.07, 6.45) is 0.207. The molecule has 1 fully saturated rings. The minimum absolute atomic E-state index is 0.143. The maximum Gasteiger partial charge on any atom is 0.417 e. The first-order chi connectivity index (χ1) is 17.7. The number of aromatic amines is 1. The van der Waals surface area contributed by atoms with Crippen molar-refractivity contribution in [2.45, 2.75) is 31.6 Å². The fourth-order valence-corrected chi connectivity index (χ4v) is 4.53. The number of nitriles is 1. The average Bonchev–Trinajstić information content (AvgIpc) is 3.49. The van der Waals surface area contributed by atoms with E-state index in [9.17, 15) is 18.4 Å². The van der Waals surface area contributed by atoms with E-state index in [1.165, 1.54) is 12.4 Å². The topological polar surface area (TPSA) is 106 Å². The lowest BCUT2D eigenvalue weighted by Crippen LogP contribution is -2.23. The first-order valence-electron chi connectivity index (χ1n) is 11.8. The van der Waals surface area contributed by atoms with Crippen LogP contribution in [0.15, 0.2) is 48.9 Å². The van der Waals surface area contributed by atoms with E-state index >= 15 is 0 Å². The Labute approximate surface area is 211 Å². The number of hydrogen-bond acceptors (Lipinski definition) is 7. The summed E-state index contributed by atoms with van der Waals surface area (Å²) in [5.41, 5.74) is 2.17. The Hall–Kier alpha value is -4.17. The third-order valence-electron chi connectivity index (χ3n) is 6.54. The largest absolute Gasteiger partial charge is 0.417 e. The molecule has 8 nitrogen and oxygen atoms in total. The van der Waals surface area contributed by atoms with Gasteiger partial charge in [-0.25, -0.2) is 15.0 Å². The summed E-state index contributed by atoms with van der Waals surface area (Å²) in [6.45, 7) is 4.06. The Morgan fingerprint density at radius 1 is 1.19 bits per heavy atom. The summed E-state index contributed by atoms with van der Waals surface area (Å²) < 4.78 is 39.8. The number of fused-ring (bicyclic) bond motifs is 1. The van der Waals surface area contributed by atoms with Crippen molar-refractivity contribution in [1.29, 1.82) is 5.26 Å². The first-order valence-corrected chi connectivity index (χ1v) is 11.8. The molecule has 1 saturated heterocycles. The third kappa shape index (κ3) is 5.20. The highest BCUT2D eigenvalue weighted by Crippen LogP contribution is 2.35. The minimum atomic E-state index is -4.54. The number of pyridine rings is 1. The highest BCUT2D eigenvalue weighted by molar-refractivity contribution is 5.94. The molecule has 0 spiro atoms. The van der Waals surface area contributed by atoms with Gasteiger partial charge in [-0.2, -0.15) is 18.4 Å². The molecule has 0 radical (unpaired) electrons. The Morgan fingerprint density at radius 3 is 2.65 bits per heavy atom. The van der Waals surface area contributed by atoms with Crippen LogP contribution in [0.3, 0.4) is 0 Å². The molecule has 5 rings (SSSR count). The highest BCUT2D eigenvalue weighted by Gasteiger charge is 2.31. The van der Waals surface area contributed by atoms with E-state index < -0.39 is 11.7 Å². The van der Waals surface area contributed by atoms with Crippen LogP contribution in [-0.2, 0) is 6.18 Å². The average molecular weight is 507 g/mol. The maximum absolute atomic E-state index is 13.3. The van der Waals surface area contributed by atoms with Crippen molar-refractivity contribution in [3.05, 3.63) is 65.6 Å². The van der Waals surface area contributed by atoms with Gasteiger partial charge < -0.3 is 20.5 Å². The molecule has 1 aromatic carbocycles. The zero-order valence-corrected chi connectivity index (χ0v) is 20.3. The molecule has 1 aliphatic rings. The van der Waals surface area contributed by atoms with Gasteiger partial charge >= 0.3 is 6.18 Å². The highest BCUT2D eigenvalue weighted by atomic mass is 19.4. The third-order valence-corrected chi connectivity index (χ3v) is 6.54. The van der Waals surface area contributed by atoms with E-state index in [0.717, 1.165) is 43.0 Å². The van der Waals surface area contributed by atoms with Gasteiger partial charge in [0.1, 0.15) is 11.7 Å². The second-order valence-corrected chi connectivity index (χ2v) is 9.27. The van der Waals surface area contributed by atoms with Gasteiger partial charge in [0.15, 0.2) is 0 Å². The van der Waals surface area contributed by atoms with E-state index in [1.54, 1.807) is 0 Å². The van der Waals surface area contributed by atoms with Gasteiger partial charge in [-0.3, -0.25) is 0 Å². The Kier molecular flexibility index (Phi) is 6.43. The van der Waals surface area contributed by atoms with Crippen LogP contribution >= 0.6 is 0 Å². The summed E-state index contributed by atoms with van der Waals surface area (Å²) in [5.74, 6) is 0.256. The van der Waals surface area contributed by atoms with Crippen molar-refractivity contribution in [1.82, 2.24) is 24.8 Å². The molecule has 1 unspecified atom stereocenters. The van der Waals surface area contributed by atoms with Crippen molar-refractivity contribution in [3.8, 4) is 17.3 Å². The Morgan fingerprint density at radius 2 is 1.97 bits per heavy atom. The van der Waals surface area contributed by atoms with E-state index in [0.29, 0.717) is 11.6 Å². The van der Waals surface area contributed by atoms with Gasteiger partial charge in [-0.15, -0.1) is 0 Å². The summed E-state index contributed by atoms with van der Waals surface area (Å²) in [4.78, 5) is 17.8. The van der Waals surface area contributed by atoms with Crippen LogP contribution in [0.1, 0.15) is 36.1 Å². The summed E-state index contributed by atoms with van der Waals surface area (Å²) in [5, 5.41) is 16.6. The number of hydrogen-bond donors (Lipinski definition) is 3. The number of H-pyrrole nitrogens is 1. The predicted octanol–water partition coefficient (Wildman–Crippen LogP) is 5.20. The van der Waals surface area contributed by atoms with Crippen molar-refractivity contribution in [3.63, 3.8) is 0 Å². The number of benzene rings is 1. The number of nitrogens with zero attached hydrogens (tertiary/aromatic N) is 5. The molecule has 3 aromatic heterocycles. The number of rotatable bonds is 6. The minimum Gasteiger partial charge on any atom is -0.381 e. The van der Waals surface area contributed by atoms with Crippen LogP contribution < -0.4 is 10.6 Å². The second-order valence-electron chi connectivity index (χ2n) is 9.27. The summed E-state index contributed by atoms with van der Waals surface area (Å²) in [7, 11) is 2.12. The van der Waals surface area contributed by atoms with Crippen molar-refractivity contribution in [2.75, 3.05) is 30.8 Å². The van der Waals surface area contributed by atoms with Gasteiger partial charge in [-0.05, 0) is 50.7 Å². The first kappa shape index (κ1) is 24.5. The van der Waals surface area contributed by atoms with Gasteiger partial charge in [-0.1, -0.05) is 12.1 Å². The summed E-state index contributed by atoms with van der Waals surface area (Å²) in [6, 6.07) is 11.4. The number of likely N-dealkylation sites (N-methyl/N-ethyl adjacent to an activating group) is 1. The lowest BCUT2D eigenvalue weighted by molar-refractivity contribution is -0.137. The van der Waals surface area contributed by atoms with Crippen LogP contribution in [0.2, 0.25) is 0 Å². The Bertz CT molecular complexity index is 1460. The number of likely N-dealkylation sites (tertiary alicyclic amines) is 1. The van der Waals surface area contributed by atoms with E-state index in [2.05, 4.69) is 42.5 Å².